The van der Waals surface area contributed by atoms with Gasteiger partial charge >= 0.3 is 5.97 Å². The highest BCUT2D eigenvalue weighted by Gasteiger charge is 2.30. The van der Waals surface area contributed by atoms with Crippen LogP contribution in [-0.2, 0) is 4.79 Å². The molecular formula is C35H38O8. The molecule has 4 aromatic rings. The van der Waals surface area contributed by atoms with Gasteiger partial charge in [0.2, 0.25) is 0 Å². The van der Waals surface area contributed by atoms with E-state index in [4.69, 9.17) is 4.74 Å². The first-order valence-corrected chi connectivity index (χ1v) is 14.7. The molecule has 8 heteroatoms. The van der Waals surface area contributed by atoms with E-state index < -0.39 is 17.5 Å². The van der Waals surface area contributed by atoms with E-state index in [-0.39, 0.29) is 62.8 Å². The molecule has 1 aliphatic carbocycles. The average molecular weight is 587 g/mol. The van der Waals surface area contributed by atoms with Crippen LogP contribution >= 0.6 is 0 Å². The second-order valence-electron chi connectivity index (χ2n) is 12.3. The van der Waals surface area contributed by atoms with E-state index in [0.717, 1.165) is 25.7 Å². The number of carbonyl (C=O) groups is 2. The van der Waals surface area contributed by atoms with Crippen LogP contribution in [0, 0.1) is 19.8 Å². The Labute approximate surface area is 250 Å². The van der Waals surface area contributed by atoms with Gasteiger partial charge in [-0.3, -0.25) is 9.59 Å². The summed E-state index contributed by atoms with van der Waals surface area (Å²) < 4.78 is 5.71. The predicted molar refractivity (Wildman–Crippen MR) is 166 cm³/mol. The van der Waals surface area contributed by atoms with Gasteiger partial charge in [-0.1, -0.05) is 52.7 Å². The van der Waals surface area contributed by atoms with Crippen molar-refractivity contribution in [3.63, 3.8) is 0 Å². The molecule has 0 amide bonds. The van der Waals surface area contributed by atoms with Crippen LogP contribution in [-0.4, -0.2) is 37.8 Å². The van der Waals surface area contributed by atoms with E-state index in [9.17, 15) is 35.1 Å². The van der Waals surface area contributed by atoms with Gasteiger partial charge in [0.15, 0.2) is 29.3 Å². The standard InChI is InChI=1S/C35H38O8/c1-15(2)25-20-11-17(5)27(30(37)21(20)13-24(32(25)39)43-35(42)19-9-7-8-10-19)28-18(6)12-22-26(16(3)4)34(41)31(38)23(14-36)29(22)33(28)40/h11-16,19,37-41H,7-10H2,1-6H3. The molecule has 0 heterocycles. The van der Waals surface area contributed by atoms with Gasteiger partial charge in [-0.05, 0) is 66.5 Å². The number of benzene rings is 4. The van der Waals surface area contributed by atoms with Crippen LogP contribution in [0.4, 0.5) is 0 Å². The number of esters is 1. The topological polar surface area (TPSA) is 145 Å². The first-order valence-electron chi connectivity index (χ1n) is 14.7. The first kappa shape index (κ1) is 30.0. The van der Waals surface area contributed by atoms with E-state index in [1.54, 1.807) is 26.0 Å². The fourth-order valence-electron chi connectivity index (χ4n) is 6.78. The quantitative estimate of drug-likeness (QED) is 0.0662. The summed E-state index contributed by atoms with van der Waals surface area (Å²) in [6.45, 7) is 11.0. The van der Waals surface area contributed by atoms with Gasteiger partial charge in [0.05, 0.1) is 11.5 Å². The number of phenols is 5. The maximum absolute atomic E-state index is 12.9. The number of aromatic hydroxyl groups is 5. The van der Waals surface area contributed by atoms with Gasteiger partial charge < -0.3 is 30.3 Å². The molecule has 0 bridgehead atoms. The second-order valence-corrected chi connectivity index (χ2v) is 12.3. The van der Waals surface area contributed by atoms with Crippen molar-refractivity contribution in [1.82, 2.24) is 0 Å². The van der Waals surface area contributed by atoms with Gasteiger partial charge in [0.25, 0.3) is 0 Å². The zero-order valence-electron chi connectivity index (χ0n) is 25.3. The van der Waals surface area contributed by atoms with Gasteiger partial charge in [0, 0.05) is 33.0 Å². The smallest absolute Gasteiger partial charge is 0.314 e. The van der Waals surface area contributed by atoms with E-state index in [1.807, 2.05) is 27.7 Å². The van der Waals surface area contributed by atoms with E-state index in [0.29, 0.717) is 44.7 Å². The Morgan fingerprint density at radius 3 is 1.84 bits per heavy atom. The number of ether oxygens (including phenoxy) is 1. The number of phenolic OH excluding ortho intramolecular Hbond substituents is 5. The lowest BCUT2D eigenvalue weighted by atomic mass is 9.84. The SMILES string of the molecule is Cc1cc2c(C(C)C)c(O)c(OC(=O)C3CCCC3)cc2c(O)c1-c1c(C)cc2c(C(C)C)c(O)c(O)c(C=O)c2c1O. The maximum atomic E-state index is 12.9. The van der Waals surface area contributed by atoms with Gasteiger partial charge in [0.1, 0.15) is 11.5 Å². The molecule has 1 fully saturated rings. The molecule has 4 aromatic carbocycles. The zero-order chi connectivity index (χ0) is 31.5. The van der Waals surface area contributed by atoms with Crippen LogP contribution in [0.3, 0.4) is 0 Å². The van der Waals surface area contributed by atoms with Crippen LogP contribution in [0.1, 0.15) is 97.8 Å². The van der Waals surface area contributed by atoms with Crippen LogP contribution in [0.5, 0.6) is 34.5 Å². The van der Waals surface area contributed by atoms with Crippen molar-refractivity contribution in [3.8, 4) is 45.6 Å². The number of fused-ring (bicyclic) bond motifs is 2. The molecule has 5 rings (SSSR count). The number of hydrogen-bond acceptors (Lipinski definition) is 8. The van der Waals surface area contributed by atoms with Gasteiger partial charge in [-0.25, -0.2) is 0 Å². The number of hydrogen-bond donors (Lipinski definition) is 5. The van der Waals surface area contributed by atoms with Crippen LogP contribution < -0.4 is 4.74 Å². The van der Waals surface area contributed by atoms with Crippen molar-refractivity contribution in [2.75, 3.05) is 0 Å². The molecule has 0 radical (unpaired) electrons. The van der Waals surface area contributed by atoms with Crippen molar-refractivity contribution in [2.45, 2.75) is 79.1 Å². The largest absolute Gasteiger partial charge is 0.507 e. The zero-order valence-corrected chi connectivity index (χ0v) is 25.3. The Bertz CT molecular complexity index is 1810. The van der Waals surface area contributed by atoms with Crippen LogP contribution in [0.25, 0.3) is 32.7 Å². The third-order valence-electron chi connectivity index (χ3n) is 8.81. The molecule has 8 nitrogen and oxygen atoms in total. The first-order chi connectivity index (χ1) is 20.3. The van der Waals surface area contributed by atoms with Gasteiger partial charge in [-0.2, -0.15) is 0 Å². The molecule has 0 saturated heterocycles. The van der Waals surface area contributed by atoms with Crippen molar-refractivity contribution in [3.05, 3.63) is 46.0 Å². The summed E-state index contributed by atoms with van der Waals surface area (Å²) in [5.41, 5.74) is 2.31. The molecule has 5 N–H and O–H groups in total. The summed E-state index contributed by atoms with van der Waals surface area (Å²) in [6, 6.07) is 4.98. The lowest BCUT2D eigenvalue weighted by Crippen LogP contribution is -2.18. The fourth-order valence-corrected chi connectivity index (χ4v) is 6.78. The number of aldehydes is 1. The van der Waals surface area contributed by atoms with Gasteiger partial charge in [-0.15, -0.1) is 0 Å². The lowest BCUT2D eigenvalue weighted by molar-refractivity contribution is -0.138. The van der Waals surface area contributed by atoms with Crippen LogP contribution in [0.15, 0.2) is 18.2 Å². The number of carbonyl (C=O) groups excluding carboxylic acids is 2. The molecular weight excluding hydrogens is 548 g/mol. The summed E-state index contributed by atoms with van der Waals surface area (Å²) in [4.78, 5) is 25.0. The predicted octanol–water partition coefficient (Wildman–Crippen LogP) is 7.96. The molecule has 1 aliphatic rings. The van der Waals surface area contributed by atoms with E-state index >= 15 is 0 Å². The maximum Gasteiger partial charge on any atom is 0.314 e. The highest BCUT2D eigenvalue weighted by molar-refractivity contribution is 6.12. The minimum Gasteiger partial charge on any atom is -0.507 e. The van der Waals surface area contributed by atoms with Crippen molar-refractivity contribution >= 4 is 33.8 Å². The van der Waals surface area contributed by atoms with Crippen molar-refractivity contribution in [2.24, 2.45) is 5.92 Å². The molecule has 0 aromatic heterocycles. The van der Waals surface area contributed by atoms with E-state index in [1.165, 1.54) is 6.07 Å². The highest BCUT2D eigenvalue weighted by Crippen LogP contribution is 2.53. The Hall–Kier alpha value is -4.46. The summed E-state index contributed by atoms with van der Waals surface area (Å²) in [5.74, 6) is -2.85. The summed E-state index contributed by atoms with van der Waals surface area (Å²) in [7, 11) is 0. The third kappa shape index (κ3) is 4.69. The Kier molecular flexibility index (Phi) is 7.67. The Morgan fingerprint density at radius 1 is 0.744 bits per heavy atom. The summed E-state index contributed by atoms with van der Waals surface area (Å²) in [5, 5.41) is 57.6. The molecule has 0 unspecified atom stereocenters. The number of rotatable bonds is 6. The minimum absolute atomic E-state index is 0.0390. The van der Waals surface area contributed by atoms with E-state index in [2.05, 4.69) is 0 Å². The molecule has 43 heavy (non-hydrogen) atoms. The summed E-state index contributed by atoms with van der Waals surface area (Å²) >= 11 is 0. The normalized spacial score (nSPS) is 14.0. The Balaban J connectivity index is 1.83. The second kappa shape index (κ2) is 11.0. The third-order valence-corrected chi connectivity index (χ3v) is 8.81. The highest BCUT2D eigenvalue weighted by atomic mass is 16.5. The lowest BCUT2D eigenvalue weighted by Gasteiger charge is -2.23. The molecule has 0 aliphatic heterocycles. The monoisotopic (exact) mass is 586 g/mol. The fraction of sp³-hybridized carbons (Fsp3) is 0.371. The average Bonchev–Trinajstić information content (AvgIpc) is 3.47. The summed E-state index contributed by atoms with van der Waals surface area (Å²) in [6.07, 6.45) is 3.74. The van der Waals surface area contributed by atoms with Crippen molar-refractivity contribution in [1.29, 1.82) is 0 Å². The molecule has 0 spiro atoms. The Morgan fingerprint density at radius 2 is 1.28 bits per heavy atom. The minimum atomic E-state index is -0.624. The number of aryl methyl sites for hydroxylation is 2. The molecule has 0 atom stereocenters. The van der Waals surface area contributed by atoms with Crippen molar-refractivity contribution < 1.29 is 39.9 Å². The van der Waals surface area contributed by atoms with Crippen LogP contribution in [0.2, 0.25) is 0 Å². The molecule has 226 valence electrons. The molecule has 1 saturated carbocycles.